The van der Waals surface area contributed by atoms with Crippen LogP contribution in [0.1, 0.15) is 76.0 Å². The van der Waals surface area contributed by atoms with E-state index in [2.05, 4.69) is 144 Å². The molecule has 3 nitrogen and oxygen atoms in total. The first kappa shape index (κ1) is 66.1. The molecule has 0 atom stereocenters. The van der Waals surface area contributed by atoms with E-state index in [4.69, 9.17) is 0 Å². The normalized spacial score (nSPS) is 11.3. The molecule has 474 valence electrons. The molecule has 0 unspecified atom stereocenters. The Labute approximate surface area is 536 Å². The highest BCUT2D eigenvalue weighted by Crippen LogP contribution is 2.35. The first-order valence-electron chi connectivity index (χ1n) is 31.2. The molecule has 0 bridgehead atoms. The van der Waals surface area contributed by atoms with Crippen LogP contribution in [0.2, 0.25) is 0 Å². The molecule has 0 aromatic heterocycles. The summed E-state index contributed by atoms with van der Waals surface area (Å²) in [5.74, 6) is -3.79. The van der Waals surface area contributed by atoms with Gasteiger partial charge in [-0.05, 0) is 202 Å². The van der Waals surface area contributed by atoms with Crippen molar-refractivity contribution in [3.05, 3.63) is 271 Å². The minimum Gasteiger partial charge on any atom is -0.432 e. The summed E-state index contributed by atoms with van der Waals surface area (Å²) in [6.45, 7) is -2.56. The van der Waals surface area contributed by atoms with Crippen molar-refractivity contribution < 1.29 is 53.7 Å². The van der Waals surface area contributed by atoms with Crippen LogP contribution in [0, 0.1) is 17.5 Å². The number of benzene rings is 12. The Bertz CT molecular complexity index is 4450. The molecule has 0 aliphatic rings. The Morgan fingerprint density at radius 2 is 0.473 bits per heavy atom. The molecule has 0 saturated heterocycles. The zero-order valence-electron chi connectivity index (χ0n) is 51.7. The third-order valence-corrected chi connectivity index (χ3v) is 16.2. The SMILES string of the molecule is CCCCCc1ccc2cc(-c3ccc(-c4ccc(OC(F)F)c(F)c4)cc3)ccc2c1.CCCCc1ccc2cc(-c3ccc(-c4ccc(OC(F)F)c(F)c4)cc3)ccc2c1.CCCc1ccc2cc(-c3ccc(-c4ccc(OC(F)F)c(F)c4)cc3)ccc2c1. The van der Waals surface area contributed by atoms with Gasteiger partial charge in [0.05, 0.1) is 0 Å². The number of hydrogen-bond donors (Lipinski definition) is 0. The summed E-state index contributed by atoms with van der Waals surface area (Å²) < 4.78 is 128. The lowest BCUT2D eigenvalue weighted by Crippen LogP contribution is -2.03. The molecule has 0 spiro atoms. The average Bonchev–Trinajstić information content (AvgIpc) is 1.13. The summed E-state index contributed by atoms with van der Waals surface area (Å²) in [6, 6.07) is 74.4. The monoisotopic (exact) mass is 1260 g/mol. The number of ether oxygens (including phenoxy) is 3. The van der Waals surface area contributed by atoms with E-state index in [0.717, 1.165) is 75.8 Å². The molecule has 12 aromatic rings. The smallest absolute Gasteiger partial charge is 0.387 e. The van der Waals surface area contributed by atoms with Gasteiger partial charge < -0.3 is 14.2 Å². The van der Waals surface area contributed by atoms with Gasteiger partial charge >= 0.3 is 19.8 Å². The van der Waals surface area contributed by atoms with Gasteiger partial charge in [-0.25, -0.2) is 13.2 Å². The van der Waals surface area contributed by atoms with Crippen LogP contribution in [0.4, 0.5) is 39.5 Å². The van der Waals surface area contributed by atoms with Crippen LogP contribution in [-0.2, 0) is 19.3 Å². The molecule has 0 saturated carbocycles. The Morgan fingerprint density at radius 1 is 0.237 bits per heavy atom. The summed E-state index contributed by atoms with van der Waals surface area (Å²) in [5, 5.41) is 7.27. The maximum Gasteiger partial charge on any atom is 0.387 e. The van der Waals surface area contributed by atoms with E-state index in [0.29, 0.717) is 16.7 Å². The fourth-order valence-corrected chi connectivity index (χ4v) is 11.3. The minimum absolute atomic E-state index is 0.454. The summed E-state index contributed by atoms with van der Waals surface area (Å²) in [4.78, 5) is 0. The molecule has 0 radical (unpaired) electrons. The predicted molar refractivity (Wildman–Crippen MR) is 360 cm³/mol. The summed E-state index contributed by atoms with van der Waals surface area (Å²) in [6.07, 6.45) is 10.5. The van der Waals surface area contributed by atoms with Gasteiger partial charge in [0.25, 0.3) is 0 Å². The van der Waals surface area contributed by atoms with Gasteiger partial charge in [-0.1, -0.05) is 228 Å². The van der Waals surface area contributed by atoms with Crippen molar-refractivity contribution in [3.8, 4) is 84.0 Å². The molecular formula is C81H69F9O3. The van der Waals surface area contributed by atoms with Crippen molar-refractivity contribution in [2.45, 2.75) is 98.4 Å². The van der Waals surface area contributed by atoms with Gasteiger partial charge in [-0.15, -0.1) is 0 Å². The molecule has 0 amide bonds. The average molecular weight is 1260 g/mol. The largest absolute Gasteiger partial charge is 0.432 e. The molecule has 0 fully saturated rings. The van der Waals surface area contributed by atoms with Gasteiger partial charge in [-0.2, -0.15) is 26.3 Å². The van der Waals surface area contributed by atoms with Crippen molar-refractivity contribution in [3.63, 3.8) is 0 Å². The first-order valence-corrected chi connectivity index (χ1v) is 31.2. The van der Waals surface area contributed by atoms with E-state index in [1.54, 1.807) is 18.2 Å². The highest BCUT2D eigenvalue weighted by Gasteiger charge is 2.16. The maximum atomic E-state index is 14.0. The summed E-state index contributed by atoms with van der Waals surface area (Å²) in [5.41, 5.74) is 14.8. The second-order valence-electron chi connectivity index (χ2n) is 22.8. The Morgan fingerprint density at radius 3 is 0.742 bits per heavy atom. The quantitative estimate of drug-likeness (QED) is 0.0530. The van der Waals surface area contributed by atoms with Gasteiger partial charge in [0.15, 0.2) is 34.7 Å². The second-order valence-corrected chi connectivity index (χ2v) is 22.8. The topological polar surface area (TPSA) is 27.7 Å². The van der Waals surface area contributed by atoms with Crippen LogP contribution in [0.15, 0.2) is 237 Å². The number of unbranched alkanes of at least 4 members (excludes halogenated alkanes) is 3. The number of rotatable bonds is 21. The third-order valence-electron chi connectivity index (χ3n) is 16.2. The van der Waals surface area contributed by atoms with Gasteiger partial charge in [-0.3, -0.25) is 0 Å². The molecule has 12 heteroatoms. The van der Waals surface area contributed by atoms with Crippen molar-refractivity contribution in [1.82, 2.24) is 0 Å². The highest BCUT2D eigenvalue weighted by atomic mass is 19.3. The Balaban J connectivity index is 0.000000153. The zero-order valence-corrected chi connectivity index (χ0v) is 51.7. The van der Waals surface area contributed by atoms with Crippen LogP contribution < -0.4 is 14.2 Å². The zero-order chi connectivity index (χ0) is 65.4. The third kappa shape index (κ3) is 17.6. The number of hydrogen-bond acceptors (Lipinski definition) is 3. The van der Waals surface area contributed by atoms with Crippen LogP contribution in [0.5, 0.6) is 17.2 Å². The first-order chi connectivity index (χ1) is 45.1. The second kappa shape index (κ2) is 31.5. The van der Waals surface area contributed by atoms with Gasteiger partial charge in [0.1, 0.15) is 0 Å². The number of halogens is 9. The van der Waals surface area contributed by atoms with E-state index in [1.807, 2.05) is 72.8 Å². The number of aryl methyl sites for hydroxylation is 3. The minimum atomic E-state index is -3.05. The van der Waals surface area contributed by atoms with E-state index in [-0.39, 0.29) is 0 Å². The van der Waals surface area contributed by atoms with Gasteiger partial charge in [0.2, 0.25) is 0 Å². The van der Waals surface area contributed by atoms with Crippen molar-refractivity contribution >= 4 is 32.3 Å². The molecule has 0 aliphatic carbocycles. The Kier molecular flexibility index (Phi) is 22.4. The van der Waals surface area contributed by atoms with Crippen molar-refractivity contribution in [2.24, 2.45) is 0 Å². The molecule has 0 heterocycles. The fourth-order valence-electron chi connectivity index (χ4n) is 11.3. The van der Waals surface area contributed by atoms with Crippen LogP contribution >= 0.6 is 0 Å². The van der Waals surface area contributed by atoms with Crippen LogP contribution in [0.3, 0.4) is 0 Å². The van der Waals surface area contributed by atoms with E-state index >= 15 is 0 Å². The maximum absolute atomic E-state index is 14.0. The molecule has 93 heavy (non-hydrogen) atoms. The van der Waals surface area contributed by atoms with Crippen molar-refractivity contribution in [1.29, 1.82) is 0 Å². The molecule has 0 aliphatic heterocycles. The number of alkyl halides is 6. The van der Waals surface area contributed by atoms with E-state index in [1.165, 1.54) is 118 Å². The number of fused-ring (bicyclic) bond motifs is 3. The van der Waals surface area contributed by atoms with Crippen molar-refractivity contribution in [2.75, 3.05) is 0 Å². The molecule has 0 N–H and O–H groups in total. The lowest BCUT2D eigenvalue weighted by molar-refractivity contribution is -0.0527. The highest BCUT2D eigenvalue weighted by molar-refractivity contribution is 5.91. The van der Waals surface area contributed by atoms with Crippen LogP contribution in [-0.4, -0.2) is 19.8 Å². The van der Waals surface area contributed by atoms with Crippen LogP contribution in [0.25, 0.3) is 99.1 Å². The molecule has 12 aromatic carbocycles. The van der Waals surface area contributed by atoms with E-state index < -0.39 is 54.5 Å². The lowest BCUT2D eigenvalue weighted by atomic mass is 9.97. The Hall–Kier alpha value is -9.81. The fraction of sp³-hybridized carbons (Fsp3) is 0.185. The van der Waals surface area contributed by atoms with Gasteiger partial charge in [0, 0.05) is 0 Å². The summed E-state index contributed by atoms with van der Waals surface area (Å²) in [7, 11) is 0. The summed E-state index contributed by atoms with van der Waals surface area (Å²) >= 11 is 0. The predicted octanol–water partition coefficient (Wildman–Crippen LogP) is 24.8. The van der Waals surface area contributed by atoms with E-state index in [9.17, 15) is 39.5 Å². The molecular weight excluding hydrogens is 1190 g/mol. The molecule has 12 rings (SSSR count). The standard InChI is InChI=1S/C28H25F3O.C27H23F3O.C26H21F3O/c1-2-3-4-5-19-6-7-24-17-23(13-12-22(24)16-19)20-8-10-21(11-9-20)25-14-15-27(26(29)18-25)32-28(30)31;1-2-3-4-18-5-6-23-16-22(12-11-21(23)15-18)19-7-9-20(10-8-19)24-13-14-26(25(28)17-24)31-27(29)30;1-2-3-17-4-5-22-15-21(11-10-20(22)14-17)18-6-8-19(9-7-18)23-12-13-25(24(27)16-23)30-26(28)29/h6-18,28H,2-5H2,1H3;5-17,27H,2-4H2,1H3;4-16,26H,2-3H2,1H3. The lowest BCUT2D eigenvalue weighted by Gasteiger charge is -2.09.